The molecule has 1 heterocycles. The summed E-state index contributed by atoms with van der Waals surface area (Å²) >= 11 is 2.04. The zero-order valence-corrected chi connectivity index (χ0v) is 11.9. The Kier molecular flexibility index (Phi) is 3.92. The van der Waals surface area contributed by atoms with Crippen LogP contribution in [0.1, 0.15) is 18.4 Å². The van der Waals surface area contributed by atoms with E-state index in [-0.39, 0.29) is 0 Å². The lowest BCUT2D eigenvalue weighted by atomic mass is 10.1. The highest BCUT2D eigenvalue weighted by atomic mass is 32.2. The van der Waals surface area contributed by atoms with Gasteiger partial charge in [-0.3, -0.25) is 0 Å². The largest absolute Gasteiger partial charge is 0.314 e. The first-order chi connectivity index (χ1) is 8.83. The minimum absolute atomic E-state index is 0.730. The molecule has 0 spiro atoms. The summed E-state index contributed by atoms with van der Waals surface area (Å²) in [6.45, 7) is 3.45. The molecule has 1 N–H and O–H groups in total. The average molecular weight is 262 g/mol. The summed E-state index contributed by atoms with van der Waals surface area (Å²) in [5, 5.41) is 4.34. The molecule has 1 aromatic rings. The molecular formula is C15H22N2S. The van der Waals surface area contributed by atoms with Gasteiger partial charge in [0.2, 0.25) is 0 Å². The van der Waals surface area contributed by atoms with Gasteiger partial charge in [0.05, 0.1) is 0 Å². The Morgan fingerprint density at radius 1 is 1.33 bits per heavy atom. The maximum absolute atomic E-state index is 3.61. The van der Waals surface area contributed by atoms with Crippen LogP contribution >= 0.6 is 11.8 Å². The van der Waals surface area contributed by atoms with E-state index >= 15 is 0 Å². The van der Waals surface area contributed by atoms with E-state index in [9.17, 15) is 0 Å². The Labute approximate surface area is 114 Å². The van der Waals surface area contributed by atoms with Gasteiger partial charge >= 0.3 is 0 Å². The van der Waals surface area contributed by atoms with Crippen molar-refractivity contribution in [1.29, 1.82) is 0 Å². The minimum Gasteiger partial charge on any atom is -0.314 e. The molecule has 1 aliphatic carbocycles. The van der Waals surface area contributed by atoms with E-state index in [1.165, 1.54) is 36.3 Å². The molecule has 1 aromatic carbocycles. The van der Waals surface area contributed by atoms with Crippen LogP contribution in [0.25, 0.3) is 0 Å². The van der Waals surface area contributed by atoms with Gasteiger partial charge in [-0.2, -0.15) is 0 Å². The van der Waals surface area contributed by atoms with E-state index in [2.05, 4.69) is 41.5 Å². The Hall–Kier alpha value is -0.510. The number of fused-ring (bicyclic) bond motifs is 1. The molecule has 1 fully saturated rings. The summed E-state index contributed by atoms with van der Waals surface area (Å²) in [6.07, 6.45) is 4.04. The first-order valence-electron chi connectivity index (χ1n) is 6.98. The van der Waals surface area contributed by atoms with Crippen LogP contribution in [0.5, 0.6) is 0 Å². The van der Waals surface area contributed by atoms with Crippen molar-refractivity contribution in [3.05, 3.63) is 29.8 Å². The molecule has 98 valence electrons. The Morgan fingerprint density at radius 3 is 2.94 bits per heavy atom. The fourth-order valence-electron chi connectivity index (χ4n) is 2.58. The molecule has 0 amide bonds. The maximum atomic E-state index is 3.61. The number of nitrogens with one attached hydrogen (secondary N) is 1. The molecule has 0 saturated heterocycles. The van der Waals surface area contributed by atoms with Gasteiger partial charge in [-0.25, -0.2) is 0 Å². The molecule has 0 aromatic heterocycles. The van der Waals surface area contributed by atoms with E-state index in [1.54, 1.807) is 0 Å². The molecular weight excluding hydrogens is 240 g/mol. The molecule has 1 aliphatic heterocycles. The molecule has 3 rings (SSSR count). The van der Waals surface area contributed by atoms with Crippen molar-refractivity contribution in [2.24, 2.45) is 0 Å². The number of hydrogen-bond acceptors (Lipinski definition) is 3. The van der Waals surface area contributed by atoms with Crippen LogP contribution in [0.4, 0.5) is 0 Å². The summed E-state index contributed by atoms with van der Waals surface area (Å²) in [7, 11) is 2.25. The average Bonchev–Trinajstić information content (AvgIpc) is 3.14. The Balaban J connectivity index is 1.35. The topological polar surface area (TPSA) is 15.3 Å². The predicted molar refractivity (Wildman–Crippen MR) is 78.3 cm³/mol. The summed E-state index contributed by atoms with van der Waals surface area (Å²) < 4.78 is 0. The second-order valence-electron chi connectivity index (χ2n) is 5.47. The van der Waals surface area contributed by atoms with Crippen molar-refractivity contribution in [2.75, 3.05) is 26.7 Å². The standard InChI is InChI=1S/C15H22N2S/c1-17(13-6-7-13)9-8-16-11-14-10-12-4-2-3-5-15(12)18-14/h2-5,13-14,16H,6-11H2,1H3. The van der Waals surface area contributed by atoms with E-state index < -0.39 is 0 Å². The van der Waals surface area contributed by atoms with Crippen molar-refractivity contribution >= 4 is 11.8 Å². The number of hydrogen-bond donors (Lipinski definition) is 1. The fraction of sp³-hybridized carbons (Fsp3) is 0.600. The Bertz CT molecular complexity index is 378. The lowest BCUT2D eigenvalue weighted by Gasteiger charge is -2.16. The fourth-order valence-corrected chi connectivity index (χ4v) is 3.87. The second kappa shape index (κ2) is 5.64. The smallest absolute Gasteiger partial charge is 0.0260 e. The maximum Gasteiger partial charge on any atom is 0.0260 e. The van der Waals surface area contributed by atoms with E-state index in [4.69, 9.17) is 0 Å². The van der Waals surface area contributed by atoms with Crippen LogP contribution in [-0.2, 0) is 6.42 Å². The molecule has 1 unspecified atom stereocenters. The monoisotopic (exact) mass is 262 g/mol. The third kappa shape index (κ3) is 3.08. The van der Waals surface area contributed by atoms with Crippen molar-refractivity contribution in [2.45, 2.75) is 35.4 Å². The molecule has 2 nitrogen and oxygen atoms in total. The molecule has 1 saturated carbocycles. The van der Waals surface area contributed by atoms with Gasteiger partial charge in [0.25, 0.3) is 0 Å². The van der Waals surface area contributed by atoms with Crippen LogP contribution in [0, 0.1) is 0 Å². The lowest BCUT2D eigenvalue weighted by Crippen LogP contribution is -2.33. The minimum atomic E-state index is 0.730. The highest BCUT2D eigenvalue weighted by Gasteiger charge is 2.25. The SMILES string of the molecule is CN(CCNCC1Cc2ccccc2S1)C1CC1. The predicted octanol–water partition coefficient (Wildman–Crippen LogP) is 2.39. The normalized spacial score (nSPS) is 22.4. The van der Waals surface area contributed by atoms with Gasteiger partial charge in [-0.15, -0.1) is 11.8 Å². The van der Waals surface area contributed by atoms with Crippen LogP contribution in [0.3, 0.4) is 0 Å². The van der Waals surface area contributed by atoms with Crippen LogP contribution in [0.15, 0.2) is 29.2 Å². The molecule has 0 radical (unpaired) electrons. The molecule has 3 heteroatoms. The van der Waals surface area contributed by atoms with E-state index in [1.807, 2.05) is 11.8 Å². The third-order valence-electron chi connectivity index (χ3n) is 3.90. The van der Waals surface area contributed by atoms with Crippen molar-refractivity contribution in [1.82, 2.24) is 10.2 Å². The van der Waals surface area contributed by atoms with Gasteiger partial charge in [-0.05, 0) is 37.9 Å². The zero-order valence-electron chi connectivity index (χ0n) is 11.1. The van der Waals surface area contributed by atoms with Gasteiger partial charge in [0.1, 0.15) is 0 Å². The lowest BCUT2D eigenvalue weighted by molar-refractivity contribution is 0.322. The summed E-state index contributed by atoms with van der Waals surface area (Å²) in [5.74, 6) is 0. The zero-order chi connectivity index (χ0) is 12.4. The summed E-state index contributed by atoms with van der Waals surface area (Å²) in [5.41, 5.74) is 1.53. The summed E-state index contributed by atoms with van der Waals surface area (Å²) in [4.78, 5) is 3.98. The van der Waals surface area contributed by atoms with Gasteiger partial charge in [-0.1, -0.05) is 18.2 Å². The second-order valence-corrected chi connectivity index (χ2v) is 6.81. The first-order valence-corrected chi connectivity index (χ1v) is 7.86. The summed E-state index contributed by atoms with van der Waals surface area (Å²) in [6, 6.07) is 9.70. The highest BCUT2D eigenvalue weighted by molar-refractivity contribution is 8.00. The van der Waals surface area contributed by atoms with Crippen molar-refractivity contribution in [3.8, 4) is 0 Å². The Morgan fingerprint density at radius 2 is 2.17 bits per heavy atom. The quantitative estimate of drug-likeness (QED) is 0.793. The van der Waals surface area contributed by atoms with Gasteiger partial charge < -0.3 is 10.2 Å². The van der Waals surface area contributed by atoms with E-state index in [0.717, 1.165) is 24.4 Å². The molecule has 0 bridgehead atoms. The number of thioether (sulfide) groups is 1. The van der Waals surface area contributed by atoms with Crippen LogP contribution in [-0.4, -0.2) is 42.9 Å². The number of rotatable bonds is 6. The highest BCUT2D eigenvalue weighted by Crippen LogP contribution is 2.36. The number of nitrogens with zero attached hydrogens (tertiary/aromatic N) is 1. The molecule has 2 aliphatic rings. The third-order valence-corrected chi connectivity index (χ3v) is 5.22. The van der Waals surface area contributed by atoms with Crippen molar-refractivity contribution < 1.29 is 0 Å². The van der Waals surface area contributed by atoms with Gasteiger partial charge in [0, 0.05) is 35.8 Å². The number of benzene rings is 1. The van der Waals surface area contributed by atoms with Crippen LogP contribution in [0.2, 0.25) is 0 Å². The van der Waals surface area contributed by atoms with Gasteiger partial charge in [0.15, 0.2) is 0 Å². The first kappa shape index (κ1) is 12.5. The number of likely N-dealkylation sites (N-methyl/N-ethyl adjacent to an activating group) is 1. The van der Waals surface area contributed by atoms with Crippen molar-refractivity contribution in [3.63, 3.8) is 0 Å². The molecule has 18 heavy (non-hydrogen) atoms. The molecule has 1 atom stereocenters. The van der Waals surface area contributed by atoms with E-state index in [0.29, 0.717) is 0 Å². The van der Waals surface area contributed by atoms with Crippen LogP contribution < -0.4 is 5.32 Å².